The van der Waals surface area contributed by atoms with Crippen LogP contribution in [0.4, 0.5) is 0 Å². The minimum atomic E-state index is 0.722. The molecule has 0 aliphatic carbocycles. The summed E-state index contributed by atoms with van der Waals surface area (Å²) in [6.45, 7) is 4.81. The number of fused-ring (bicyclic) bond motifs is 3. The first-order valence-corrected chi connectivity index (χ1v) is 6.75. The molecule has 0 saturated heterocycles. The smallest absolute Gasteiger partial charge is 0.170 e. The second kappa shape index (κ2) is 4.37. The number of H-pyrrole nitrogens is 1. The molecule has 0 spiro atoms. The molecule has 0 unspecified atom stereocenters. The van der Waals surface area contributed by atoms with Crippen LogP contribution in [0.25, 0.3) is 16.7 Å². The largest absolute Gasteiger partial charge is 0.269 e. The van der Waals surface area contributed by atoms with Gasteiger partial charge in [0.25, 0.3) is 0 Å². The molecule has 4 heterocycles. The topological polar surface area (TPSA) is 89.6 Å². The molecule has 0 radical (unpaired) electrons. The average molecular weight is 282 g/mol. The molecule has 1 N–H and O–H groups in total. The van der Waals surface area contributed by atoms with Crippen molar-refractivity contribution in [1.82, 2.24) is 39.6 Å². The molecule has 0 aliphatic rings. The number of nitrogens with one attached hydrogen (secondary N) is 1. The lowest BCUT2D eigenvalue weighted by molar-refractivity contribution is 0.581. The Kier molecular flexibility index (Phi) is 2.50. The van der Waals surface area contributed by atoms with Gasteiger partial charge in [-0.15, -0.1) is 5.10 Å². The number of aryl methyl sites for hydroxylation is 4. The maximum absolute atomic E-state index is 4.58. The van der Waals surface area contributed by atoms with Crippen molar-refractivity contribution in [1.29, 1.82) is 0 Å². The standard InChI is InChI=1S/C13H14N8/c1-8-5-9(2)20(18-8)4-3-11-16-13-10-6-15-17-12(10)14-7-21(13)19-11/h5-7H,3-4H2,1-2H3,(H,15,17). The fourth-order valence-corrected chi connectivity index (χ4v) is 2.50. The zero-order chi connectivity index (χ0) is 14.4. The molecular formula is C13H14N8. The number of nitrogens with zero attached hydrogens (tertiary/aromatic N) is 7. The predicted molar refractivity (Wildman–Crippen MR) is 75.8 cm³/mol. The lowest BCUT2D eigenvalue weighted by Gasteiger charge is -2.00. The summed E-state index contributed by atoms with van der Waals surface area (Å²) in [6.07, 6.45) is 4.09. The molecule has 0 atom stereocenters. The zero-order valence-electron chi connectivity index (χ0n) is 11.8. The fourth-order valence-electron chi connectivity index (χ4n) is 2.50. The molecule has 4 aromatic heterocycles. The molecule has 0 aliphatic heterocycles. The van der Waals surface area contributed by atoms with E-state index in [9.17, 15) is 0 Å². The molecule has 106 valence electrons. The van der Waals surface area contributed by atoms with Gasteiger partial charge in [-0.2, -0.15) is 10.2 Å². The quantitative estimate of drug-likeness (QED) is 0.606. The summed E-state index contributed by atoms with van der Waals surface area (Å²) < 4.78 is 3.67. The molecule has 4 aromatic rings. The average Bonchev–Trinajstić information content (AvgIpc) is 3.13. The summed E-state index contributed by atoms with van der Waals surface area (Å²) in [5.41, 5.74) is 3.67. The van der Waals surface area contributed by atoms with Gasteiger partial charge in [0.2, 0.25) is 0 Å². The van der Waals surface area contributed by atoms with Crippen LogP contribution in [0.15, 0.2) is 18.6 Å². The second-order valence-corrected chi connectivity index (χ2v) is 5.07. The van der Waals surface area contributed by atoms with Crippen LogP contribution in [-0.4, -0.2) is 39.6 Å². The predicted octanol–water partition coefficient (Wildman–Crippen LogP) is 1.06. The highest BCUT2D eigenvalue weighted by molar-refractivity contribution is 5.87. The lowest BCUT2D eigenvalue weighted by Crippen LogP contribution is -2.06. The Hall–Kier alpha value is -2.77. The maximum atomic E-state index is 4.58. The lowest BCUT2D eigenvalue weighted by atomic mass is 10.3. The Morgan fingerprint density at radius 2 is 2.14 bits per heavy atom. The fraction of sp³-hybridized carbons (Fsp3) is 0.308. The Bertz CT molecular complexity index is 928. The van der Waals surface area contributed by atoms with Gasteiger partial charge in [0.1, 0.15) is 6.33 Å². The molecule has 8 heteroatoms. The van der Waals surface area contributed by atoms with E-state index in [1.54, 1.807) is 17.0 Å². The summed E-state index contributed by atoms with van der Waals surface area (Å²) in [5.74, 6) is 0.776. The van der Waals surface area contributed by atoms with E-state index in [1.165, 1.54) is 0 Å². The maximum Gasteiger partial charge on any atom is 0.170 e. The Balaban J connectivity index is 1.66. The molecule has 8 nitrogen and oxygen atoms in total. The van der Waals surface area contributed by atoms with Crippen LogP contribution in [-0.2, 0) is 13.0 Å². The van der Waals surface area contributed by atoms with E-state index in [0.717, 1.165) is 46.9 Å². The van der Waals surface area contributed by atoms with E-state index in [4.69, 9.17) is 0 Å². The number of hydrogen-bond donors (Lipinski definition) is 1. The van der Waals surface area contributed by atoms with Crippen molar-refractivity contribution >= 4 is 16.7 Å². The van der Waals surface area contributed by atoms with E-state index in [1.807, 2.05) is 11.6 Å². The van der Waals surface area contributed by atoms with Gasteiger partial charge in [0.15, 0.2) is 17.1 Å². The van der Waals surface area contributed by atoms with Crippen molar-refractivity contribution in [2.45, 2.75) is 26.8 Å². The van der Waals surface area contributed by atoms with Crippen molar-refractivity contribution in [3.63, 3.8) is 0 Å². The molecule has 0 fully saturated rings. The minimum absolute atomic E-state index is 0.722. The molecule has 4 rings (SSSR count). The molecule has 21 heavy (non-hydrogen) atoms. The van der Waals surface area contributed by atoms with E-state index < -0.39 is 0 Å². The first-order valence-electron chi connectivity index (χ1n) is 6.75. The first-order chi connectivity index (χ1) is 10.2. The summed E-state index contributed by atoms with van der Waals surface area (Å²) >= 11 is 0. The SMILES string of the molecule is Cc1cc(C)n(CCc2nc3c4cn[nH]c4ncn3n2)n1. The Morgan fingerprint density at radius 3 is 2.95 bits per heavy atom. The van der Waals surface area contributed by atoms with Gasteiger partial charge in [0.05, 0.1) is 17.3 Å². The minimum Gasteiger partial charge on any atom is -0.269 e. The van der Waals surface area contributed by atoms with Gasteiger partial charge in [-0.05, 0) is 19.9 Å². The Labute approximate surface area is 119 Å². The molecule has 0 aromatic carbocycles. The highest BCUT2D eigenvalue weighted by Crippen LogP contribution is 2.13. The van der Waals surface area contributed by atoms with Gasteiger partial charge in [0, 0.05) is 18.7 Å². The third-order valence-corrected chi connectivity index (χ3v) is 3.48. The number of aromatic nitrogens is 8. The third kappa shape index (κ3) is 1.95. The molecule has 0 saturated carbocycles. The van der Waals surface area contributed by atoms with Gasteiger partial charge in [-0.25, -0.2) is 14.5 Å². The summed E-state index contributed by atoms with van der Waals surface area (Å²) in [5, 5.41) is 16.6. The van der Waals surface area contributed by atoms with Crippen LogP contribution in [0.3, 0.4) is 0 Å². The first kappa shape index (κ1) is 12.0. The van der Waals surface area contributed by atoms with Crippen molar-refractivity contribution < 1.29 is 0 Å². The van der Waals surface area contributed by atoms with Crippen LogP contribution < -0.4 is 0 Å². The van der Waals surface area contributed by atoms with Crippen LogP contribution >= 0.6 is 0 Å². The van der Waals surface area contributed by atoms with Gasteiger partial charge in [-0.3, -0.25) is 9.78 Å². The van der Waals surface area contributed by atoms with Crippen molar-refractivity contribution in [3.05, 3.63) is 35.8 Å². The normalized spacial score (nSPS) is 11.7. The van der Waals surface area contributed by atoms with Crippen LogP contribution in [0.2, 0.25) is 0 Å². The number of hydrogen-bond acceptors (Lipinski definition) is 5. The van der Waals surface area contributed by atoms with Crippen LogP contribution in [0.1, 0.15) is 17.2 Å². The van der Waals surface area contributed by atoms with E-state index in [-0.39, 0.29) is 0 Å². The molecule has 0 bridgehead atoms. The van der Waals surface area contributed by atoms with E-state index in [2.05, 4.69) is 43.4 Å². The summed E-state index contributed by atoms with van der Waals surface area (Å²) in [7, 11) is 0. The van der Waals surface area contributed by atoms with Crippen molar-refractivity contribution in [2.24, 2.45) is 0 Å². The highest BCUT2D eigenvalue weighted by atomic mass is 15.3. The van der Waals surface area contributed by atoms with Gasteiger partial charge >= 0.3 is 0 Å². The van der Waals surface area contributed by atoms with Gasteiger partial charge in [-0.1, -0.05) is 0 Å². The van der Waals surface area contributed by atoms with Crippen molar-refractivity contribution in [2.75, 3.05) is 0 Å². The monoisotopic (exact) mass is 282 g/mol. The van der Waals surface area contributed by atoms with E-state index >= 15 is 0 Å². The third-order valence-electron chi connectivity index (χ3n) is 3.48. The Morgan fingerprint density at radius 1 is 1.24 bits per heavy atom. The summed E-state index contributed by atoms with van der Waals surface area (Å²) in [4.78, 5) is 8.82. The zero-order valence-corrected chi connectivity index (χ0v) is 11.8. The highest BCUT2D eigenvalue weighted by Gasteiger charge is 2.10. The van der Waals surface area contributed by atoms with Crippen molar-refractivity contribution in [3.8, 4) is 0 Å². The molecular weight excluding hydrogens is 268 g/mol. The van der Waals surface area contributed by atoms with Gasteiger partial charge < -0.3 is 0 Å². The van der Waals surface area contributed by atoms with Crippen LogP contribution in [0, 0.1) is 13.8 Å². The second-order valence-electron chi connectivity index (χ2n) is 5.07. The van der Waals surface area contributed by atoms with Crippen LogP contribution in [0.5, 0.6) is 0 Å². The summed E-state index contributed by atoms with van der Waals surface area (Å²) in [6, 6.07) is 2.07. The van der Waals surface area contributed by atoms with E-state index in [0.29, 0.717) is 0 Å². The number of aromatic amines is 1. The number of rotatable bonds is 3. The molecule has 0 amide bonds.